The average Bonchev–Trinajstić information content (AvgIpc) is 2.18. The second-order valence-corrected chi connectivity index (χ2v) is 5.10. The molecule has 0 spiro atoms. The molecule has 15 heavy (non-hydrogen) atoms. The van der Waals surface area contributed by atoms with Crippen LogP contribution in [-0.4, -0.2) is 5.88 Å². The number of hydrogen-bond donors (Lipinski definition) is 0. The lowest BCUT2D eigenvalue weighted by Gasteiger charge is -2.19. The van der Waals surface area contributed by atoms with E-state index in [1.54, 1.807) is 0 Å². The van der Waals surface area contributed by atoms with Crippen LogP contribution < -0.4 is 0 Å². The van der Waals surface area contributed by atoms with E-state index in [-0.39, 0.29) is 0 Å². The lowest BCUT2D eigenvalue weighted by Crippen LogP contribution is -2.14. The summed E-state index contributed by atoms with van der Waals surface area (Å²) < 4.78 is 0. The summed E-state index contributed by atoms with van der Waals surface area (Å²) >= 11 is 6.00. The molecule has 0 nitrogen and oxygen atoms in total. The summed E-state index contributed by atoms with van der Waals surface area (Å²) in [6.07, 6.45) is 1.11. The van der Waals surface area contributed by atoms with E-state index in [1.807, 2.05) is 0 Å². The smallest absolute Gasteiger partial charge is 0.0257 e. The summed E-state index contributed by atoms with van der Waals surface area (Å²) in [6.45, 7) is 8.82. The zero-order valence-corrected chi connectivity index (χ0v) is 10.9. The Morgan fingerprint density at radius 2 is 1.87 bits per heavy atom. The maximum atomic E-state index is 6.00. The molecule has 1 aromatic carbocycles. The van der Waals surface area contributed by atoms with E-state index >= 15 is 0 Å². The number of halogens is 1. The van der Waals surface area contributed by atoms with Crippen molar-refractivity contribution >= 4 is 11.6 Å². The first-order valence-electron chi connectivity index (χ1n) is 5.66. The topological polar surface area (TPSA) is 0 Å². The second kappa shape index (κ2) is 5.55. The summed E-state index contributed by atoms with van der Waals surface area (Å²) in [4.78, 5) is 0. The molecule has 0 aromatic heterocycles. The molecule has 1 atom stereocenters. The van der Waals surface area contributed by atoms with Crippen molar-refractivity contribution in [2.75, 3.05) is 5.88 Å². The van der Waals surface area contributed by atoms with Crippen molar-refractivity contribution in [3.8, 4) is 0 Å². The van der Waals surface area contributed by atoms with Crippen molar-refractivity contribution in [2.24, 2.45) is 11.8 Å². The minimum Gasteiger partial charge on any atom is -0.126 e. The van der Waals surface area contributed by atoms with Gasteiger partial charge in [-0.1, -0.05) is 37.6 Å². The van der Waals surface area contributed by atoms with Gasteiger partial charge < -0.3 is 0 Å². The van der Waals surface area contributed by atoms with E-state index < -0.39 is 0 Å². The van der Waals surface area contributed by atoms with Crippen LogP contribution in [0.1, 0.15) is 30.5 Å². The fourth-order valence-corrected chi connectivity index (χ4v) is 2.24. The van der Waals surface area contributed by atoms with Crippen molar-refractivity contribution in [1.29, 1.82) is 0 Å². The predicted molar refractivity (Wildman–Crippen MR) is 68.7 cm³/mol. The number of aryl methyl sites for hydroxylation is 2. The number of rotatable bonds is 4. The summed E-state index contributed by atoms with van der Waals surface area (Å²) in [5, 5.41) is 0. The molecule has 0 N–H and O–H groups in total. The van der Waals surface area contributed by atoms with Crippen LogP contribution in [0.25, 0.3) is 0 Å². The molecule has 1 rings (SSSR count). The van der Waals surface area contributed by atoms with Gasteiger partial charge in [0.15, 0.2) is 0 Å². The lowest BCUT2D eigenvalue weighted by atomic mass is 9.88. The second-order valence-electron chi connectivity index (χ2n) is 4.79. The zero-order chi connectivity index (χ0) is 11.4. The number of benzene rings is 1. The van der Waals surface area contributed by atoms with Gasteiger partial charge in [0.05, 0.1) is 0 Å². The van der Waals surface area contributed by atoms with Crippen molar-refractivity contribution in [2.45, 2.75) is 34.1 Å². The van der Waals surface area contributed by atoms with Crippen molar-refractivity contribution < 1.29 is 0 Å². The predicted octanol–water partition coefficient (Wildman–Crippen LogP) is 4.36. The van der Waals surface area contributed by atoms with Gasteiger partial charge in [-0.25, -0.2) is 0 Å². The first kappa shape index (κ1) is 12.6. The molecular weight excluding hydrogens is 204 g/mol. The highest BCUT2D eigenvalue weighted by atomic mass is 35.5. The van der Waals surface area contributed by atoms with Gasteiger partial charge in [0, 0.05) is 5.88 Å². The Labute approximate surface area is 98.7 Å². The van der Waals surface area contributed by atoms with Crippen LogP contribution in [0.15, 0.2) is 18.2 Å². The number of alkyl halides is 1. The highest BCUT2D eigenvalue weighted by Crippen LogP contribution is 2.21. The first-order chi connectivity index (χ1) is 7.04. The molecule has 0 saturated heterocycles. The quantitative estimate of drug-likeness (QED) is 0.667. The maximum Gasteiger partial charge on any atom is 0.0257 e. The molecule has 0 heterocycles. The van der Waals surface area contributed by atoms with E-state index in [0.29, 0.717) is 11.8 Å². The summed E-state index contributed by atoms with van der Waals surface area (Å²) in [7, 11) is 0. The van der Waals surface area contributed by atoms with Crippen LogP contribution in [0, 0.1) is 25.7 Å². The fraction of sp³-hybridized carbons (Fsp3) is 0.571. The summed E-state index contributed by atoms with van der Waals surface area (Å²) in [5.41, 5.74) is 4.18. The summed E-state index contributed by atoms with van der Waals surface area (Å²) in [5.74, 6) is 2.00. The van der Waals surface area contributed by atoms with Gasteiger partial charge in [-0.15, -0.1) is 11.6 Å². The standard InChI is InChI=1S/C14H21Cl/c1-10(2)14(9-15)8-13-7-11(3)5-6-12(13)4/h5-7,10,14H,8-9H2,1-4H3. The third-order valence-corrected chi connectivity index (χ3v) is 3.52. The Bertz CT molecular complexity index is 315. The highest BCUT2D eigenvalue weighted by molar-refractivity contribution is 6.18. The molecule has 0 saturated carbocycles. The van der Waals surface area contributed by atoms with Crippen LogP contribution in [0.2, 0.25) is 0 Å². The normalized spacial score (nSPS) is 13.2. The Kier molecular flexibility index (Phi) is 4.66. The molecule has 0 radical (unpaired) electrons. The van der Waals surface area contributed by atoms with E-state index in [1.165, 1.54) is 16.7 Å². The van der Waals surface area contributed by atoms with Crippen LogP contribution in [0.4, 0.5) is 0 Å². The minimum atomic E-state index is 0.590. The van der Waals surface area contributed by atoms with Crippen LogP contribution in [0.3, 0.4) is 0 Å². The SMILES string of the molecule is Cc1ccc(C)c(CC(CCl)C(C)C)c1. The van der Waals surface area contributed by atoms with Crippen LogP contribution in [0.5, 0.6) is 0 Å². The van der Waals surface area contributed by atoms with Gasteiger partial charge in [-0.3, -0.25) is 0 Å². The maximum absolute atomic E-state index is 6.00. The molecule has 0 aliphatic carbocycles. The van der Waals surface area contributed by atoms with Gasteiger partial charge in [0.2, 0.25) is 0 Å². The van der Waals surface area contributed by atoms with Gasteiger partial charge in [0.1, 0.15) is 0 Å². The van der Waals surface area contributed by atoms with Crippen LogP contribution >= 0.6 is 11.6 Å². The number of hydrogen-bond acceptors (Lipinski definition) is 0. The monoisotopic (exact) mass is 224 g/mol. The van der Waals surface area contributed by atoms with Gasteiger partial charge in [0.25, 0.3) is 0 Å². The third-order valence-electron chi connectivity index (χ3n) is 3.13. The van der Waals surface area contributed by atoms with E-state index in [9.17, 15) is 0 Å². The highest BCUT2D eigenvalue weighted by Gasteiger charge is 2.13. The van der Waals surface area contributed by atoms with Crippen molar-refractivity contribution in [3.63, 3.8) is 0 Å². The summed E-state index contributed by atoms with van der Waals surface area (Å²) in [6, 6.07) is 6.66. The van der Waals surface area contributed by atoms with Crippen molar-refractivity contribution in [3.05, 3.63) is 34.9 Å². The van der Waals surface area contributed by atoms with Crippen molar-refractivity contribution in [1.82, 2.24) is 0 Å². The van der Waals surface area contributed by atoms with Gasteiger partial charge in [-0.2, -0.15) is 0 Å². The minimum absolute atomic E-state index is 0.590. The van der Waals surface area contributed by atoms with Gasteiger partial charge in [-0.05, 0) is 43.2 Å². The molecule has 0 amide bonds. The Morgan fingerprint density at radius 3 is 2.40 bits per heavy atom. The molecule has 0 fully saturated rings. The molecule has 0 aliphatic heterocycles. The molecule has 84 valence electrons. The third kappa shape index (κ3) is 3.53. The van der Waals surface area contributed by atoms with Crippen LogP contribution in [-0.2, 0) is 6.42 Å². The first-order valence-corrected chi connectivity index (χ1v) is 6.20. The Morgan fingerprint density at radius 1 is 1.20 bits per heavy atom. The largest absolute Gasteiger partial charge is 0.126 e. The molecule has 0 aliphatic rings. The molecule has 0 bridgehead atoms. The lowest BCUT2D eigenvalue weighted by molar-refractivity contribution is 0.421. The molecular formula is C14H21Cl. The fourth-order valence-electron chi connectivity index (χ4n) is 1.77. The Hall–Kier alpha value is -0.490. The molecule has 1 aromatic rings. The van der Waals surface area contributed by atoms with E-state index in [4.69, 9.17) is 11.6 Å². The molecule has 1 unspecified atom stereocenters. The zero-order valence-electron chi connectivity index (χ0n) is 10.2. The van der Waals surface area contributed by atoms with Gasteiger partial charge >= 0.3 is 0 Å². The average molecular weight is 225 g/mol. The molecule has 1 heteroatoms. The van der Waals surface area contributed by atoms with E-state index in [0.717, 1.165) is 12.3 Å². The Balaban J connectivity index is 2.82. The van der Waals surface area contributed by atoms with E-state index in [2.05, 4.69) is 45.9 Å².